The molecule has 1 aliphatic carbocycles. The van der Waals surface area contributed by atoms with Crippen molar-refractivity contribution in [3.8, 4) is 0 Å². The molecule has 1 heterocycles. The highest BCUT2D eigenvalue weighted by Crippen LogP contribution is 2.27. The Bertz CT molecular complexity index is 502. The molecule has 0 spiro atoms. The van der Waals surface area contributed by atoms with Crippen LogP contribution in [-0.4, -0.2) is 30.4 Å². The SMILES string of the molecule is O=C(CCC1CCCCC1)NCC1CCN(Cc2ccccc2)CC1. The zero-order valence-electron chi connectivity index (χ0n) is 15.6. The molecule has 2 aliphatic rings. The van der Waals surface area contributed by atoms with Crippen molar-refractivity contribution >= 4 is 5.91 Å². The molecule has 1 amide bonds. The Morgan fingerprint density at radius 2 is 1.68 bits per heavy atom. The monoisotopic (exact) mass is 342 g/mol. The van der Waals surface area contributed by atoms with Crippen molar-refractivity contribution in [1.29, 1.82) is 0 Å². The molecule has 0 atom stereocenters. The summed E-state index contributed by atoms with van der Waals surface area (Å²) in [6.07, 6.45) is 11.1. The molecule has 3 heteroatoms. The van der Waals surface area contributed by atoms with Crippen LogP contribution < -0.4 is 5.32 Å². The third-order valence-electron chi connectivity index (χ3n) is 6.05. The fraction of sp³-hybridized carbons (Fsp3) is 0.682. The molecule has 0 radical (unpaired) electrons. The molecule has 3 rings (SSSR count). The first kappa shape index (κ1) is 18.4. The minimum absolute atomic E-state index is 0.275. The maximum Gasteiger partial charge on any atom is 0.220 e. The van der Waals surface area contributed by atoms with Crippen molar-refractivity contribution in [2.45, 2.75) is 64.3 Å². The lowest BCUT2D eigenvalue weighted by Crippen LogP contribution is -2.38. The average Bonchev–Trinajstić information content (AvgIpc) is 2.67. The molecule has 25 heavy (non-hydrogen) atoms. The molecule has 0 bridgehead atoms. The molecule has 3 nitrogen and oxygen atoms in total. The lowest BCUT2D eigenvalue weighted by Gasteiger charge is -2.32. The first-order valence-electron chi connectivity index (χ1n) is 10.3. The van der Waals surface area contributed by atoms with Crippen LogP contribution in [0.2, 0.25) is 0 Å². The van der Waals surface area contributed by atoms with E-state index in [4.69, 9.17) is 0 Å². The fourth-order valence-corrected chi connectivity index (χ4v) is 4.35. The number of nitrogens with zero attached hydrogens (tertiary/aromatic N) is 1. The topological polar surface area (TPSA) is 32.3 Å². The number of hydrogen-bond acceptors (Lipinski definition) is 2. The van der Waals surface area contributed by atoms with Crippen molar-refractivity contribution in [3.63, 3.8) is 0 Å². The second-order valence-corrected chi connectivity index (χ2v) is 8.05. The maximum atomic E-state index is 12.1. The van der Waals surface area contributed by atoms with Gasteiger partial charge in [-0.1, -0.05) is 62.4 Å². The third kappa shape index (κ3) is 6.47. The van der Waals surface area contributed by atoms with Gasteiger partial charge >= 0.3 is 0 Å². The summed E-state index contributed by atoms with van der Waals surface area (Å²) >= 11 is 0. The Morgan fingerprint density at radius 3 is 2.40 bits per heavy atom. The number of rotatable bonds is 7. The van der Waals surface area contributed by atoms with Gasteiger partial charge in [0.15, 0.2) is 0 Å². The molecule has 138 valence electrons. The Balaban J connectivity index is 1.27. The summed E-state index contributed by atoms with van der Waals surface area (Å²) in [5.41, 5.74) is 1.40. The van der Waals surface area contributed by atoms with Gasteiger partial charge in [0.05, 0.1) is 0 Å². The molecule has 1 saturated heterocycles. The highest BCUT2D eigenvalue weighted by atomic mass is 16.1. The summed E-state index contributed by atoms with van der Waals surface area (Å²) < 4.78 is 0. The summed E-state index contributed by atoms with van der Waals surface area (Å²) in [6, 6.07) is 10.7. The second kappa shape index (κ2) is 9.96. The van der Waals surface area contributed by atoms with E-state index >= 15 is 0 Å². The quantitative estimate of drug-likeness (QED) is 0.798. The normalized spacial score (nSPS) is 20.5. The number of carbonyl (C=O) groups is 1. The van der Waals surface area contributed by atoms with Gasteiger partial charge in [-0.15, -0.1) is 0 Å². The van der Waals surface area contributed by atoms with E-state index in [1.54, 1.807) is 0 Å². The standard InChI is InChI=1S/C22H34N2O/c25-22(12-11-19-7-3-1-4-8-19)23-17-20-13-15-24(16-14-20)18-21-9-5-2-6-10-21/h2,5-6,9-10,19-20H,1,3-4,7-8,11-18H2,(H,23,25). The zero-order valence-corrected chi connectivity index (χ0v) is 15.6. The second-order valence-electron chi connectivity index (χ2n) is 8.05. The van der Waals surface area contributed by atoms with Crippen LogP contribution in [0.1, 0.15) is 63.4 Å². The molecular formula is C22H34N2O. The number of carbonyl (C=O) groups excluding carboxylic acids is 1. The lowest BCUT2D eigenvalue weighted by atomic mass is 9.86. The van der Waals surface area contributed by atoms with Crippen LogP contribution in [0.4, 0.5) is 0 Å². The number of likely N-dealkylation sites (tertiary alicyclic amines) is 1. The zero-order chi connectivity index (χ0) is 17.3. The summed E-state index contributed by atoms with van der Waals surface area (Å²) in [5.74, 6) is 1.74. The Morgan fingerprint density at radius 1 is 0.960 bits per heavy atom. The van der Waals surface area contributed by atoms with Crippen LogP contribution in [-0.2, 0) is 11.3 Å². The van der Waals surface area contributed by atoms with Crippen LogP contribution in [0, 0.1) is 11.8 Å². The number of hydrogen-bond donors (Lipinski definition) is 1. The van der Waals surface area contributed by atoms with Gasteiger partial charge in [0.1, 0.15) is 0 Å². The highest BCUT2D eigenvalue weighted by Gasteiger charge is 2.20. The van der Waals surface area contributed by atoms with Gasteiger partial charge in [-0.25, -0.2) is 0 Å². The molecule has 1 saturated carbocycles. The smallest absolute Gasteiger partial charge is 0.220 e. The molecule has 1 aromatic rings. The van der Waals surface area contributed by atoms with Crippen molar-refractivity contribution in [1.82, 2.24) is 10.2 Å². The minimum atomic E-state index is 0.275. The molecule has 1 aromatic carbocycles. The lowest BCUT2D eigenvalue weighted by molar-refractivity contribution is -0.121. The Hall–Kier alpha value is -1.35. The van der Waals surface area contributed by atoms with Gasteiger partial charge in [0.2, 0.25) is 5.91 Å². The van der Waals surface area contributed by atoms with Crippen LogP contribution >= 0.6 is 0 Å². The minimum Gasteiger partial charge on any atom is -0.356 e. The highest BCUT2D eigenvalue weighted by molar-refractivity contribution is 5.75. The van der Waals surface area contributed by atoms with E-state index in [1.165, 1.54) is 50.5 Å². The Kier molecular flexibility index (Phi) is 7.35. The van der Waals surface area contributed by atoms with Gasteiger partial charge in [-0.2, -0.15) is 0 Å². The molecule has 1 aliphatic heterocycles. The van der Waals surface area contributed by atoms with Crippen LogP contribution in [0.25, 0.3) is 0 Å². The summed E-state index contributed by atoms with van der Waals surface area (Å²) in [6.45, 7) is 4.24. The molecule has 2 fully saturated rings. The van der Waals surface area contributed by atoms with Crippen LogP contribution in [0.15, 0.2) is 30.3 Å². The van der Waals surface area contributed by atoms with Crippen LogP contribution in [0.5, 0.6) is 0 Å². The van der Waals surface area contributed by atoms with Crippen molar-refractivity contribution in [2.75, 3.05) is 19.6 Å². The fourth-order valence-electron chi connectivity index (χ4n) is 4.35. The number of piperidine rings is 1. The Labute approximate surface area is 153 Å². The maximum absolute atomic E-state index is 12.1. The first-order valence-corrected chi connectivity index (χ1v) is 10.3. The van der Waals surface area contributed by atoms with Crippen molar-refractivity contribution in [2.24, 2.45) is 11.8 Å². The van der Waals surface area contributed by atoms with Gasteiger partial charge in [-0.3, -0.25) is 9.69 Å². The predicted molar refractivity (Wildman–Crippen MR) is 103 cm³/mol. The van der Waals surface area contributed by atoms with Crippen LogP contribution in [0.3, 0.4) is 0 Å². The van der Waals surface area contributed by atoms with E-state index in [9.17, 15) is 4.79 Å². The largest absolute Gasteiger partial charge is 0.356 e. The number of nitrogens with one attached hydrogen (secondary N) is 1. The summed E-state index contributed by atoms with van der Waals surface area (Å²) in [4.78, 5) is 14.7. The van der Waals surface area contributed by atoms with E-state index in [0.717, 1.165) is 44.9 Å². The third-order valence-corrected chi connectivity index (χ3v) is 6.05. The van der Waals surface area contributed by atoms with E-state index in [-0.39, 0.29) is 5.91 Å². The molecular weight excluding hydrogens is 308 g/mol. The van der Waals surface area contributed by atoms with Gasteiger partial charge in [0, 0.05) is 19.5 Å². The van der Waals surface area contributed by atoms with E-state index < -0.39 is 0 Å². The number of benzene rings is 1. The first-order chi connectivity index (χ1) is 12.3. The summed E-state index contributed by atoms with van der Waals surface area (Å²) in [7, 11) is 0. The van der Waals surface area contributed by atoms with Crippen molar-refractivity contribution in [3.05, 3.63) is 35.9 Å². The van der Waals surface area contributed by atoms with Gasteiger partial charge < -0.3 is 5.32 Å². The van der Waals surface area contributed by atoms with E-state index in [2.05, 4.69) is 40.5 Å². The van der Waals surface area contributed by atoms with Gasteiger partial charge in [0.25, 0.3) is 0 Å². The van der Waals surface area contributed by atoms with Crippen molar-refractivity contribution < 1.29 is 4.79 Å². The molecule has 0 aromatic heterocycles. The van der Waals surface area contributed by atoms with E-state index in [1.807, 2.05) is 0 Å². The molecule has 0 unspecified atom stereocenters. The average molecular weight is 343 g/mol. The number of amides is 1. The summed E-state index contributed by atoms with van der Waals surface area (Å²) in [5, 5.41) is 3.20. The van der Waals surface area contributed by atoms with E-state index in [0.29, 0.717) is 5.92 Å². The molecule has 1 N–H and O–H groups in total. The van der Waals surface area contributed by atoms with Gasteiger partial charge in [-0.05, 0) is 49.8 Å². The predicted octanol–water partition coefficient (Wildman–Crippen LogP) is 4.38.